The van der Waals surface area contributed by atoms with Crippen molar-refractivity contribution in [2.75, 3.05) is 0 Å². The van der Waals surface area contributed by atoms with Crippen molar-refractivity contribution in [2.45, 2.75) is 4.38 Å². The lowest BCUT2D eigenvalue weighted by atomic mass is 11.8. The monoisotopic (exact) mass is 368 g/mol. The van der Waals surface area contributed by atoms with Crippen molar-refractivity contribution in [1.82, 2.24) is 0 Å². The first kappa shape index (κ1) is 16.7. The quantitative estimate of drug-likeness (QED) is 0.595. The summed E-state index contributed by atoms with van der Waals surface area (Å²) in [5, 5.41) is 0. The highest BCUT2D eigenvalue weighted by Gasteiger charge is 2.39. The Morgan fingerprint density at radius 3 is 1.00 bits per heavy atom. The molecule has 74 valence electrons. The molecule has 0 radical (unpaired) electrons. The van der Waals surface area contributed by atoms with E-state index in [4.69, 9.17) is 0 Å². The normalized spacial score (nSPS) is 14.5. The maximum absolute atomic E-state index is 2.98. The number of hydrogen-bond donors (Lipinski definition) is 0. The van der Waals surface area contributed by atoms with Crippen LogP contribution in [0.25, 0.3) is 0 Å². The highest BCUT2D eigenvalue weighted by atomic mass is 32.5. The predicted octanol–water partition coefficient (Wildman–Crippen LogP) is 5.25. The largest absolute Gasteiger partial charge is 0.113 e. The van der Waals surface area contributed by atoms with Crippen LogP contribution in [0.15, 0.2) is 0 Å². The van der Waals surface area contributed by atoms with Crippen LogP contribution in [-0.4, -0.2) is 4.38 Å². The van der Waals surface area contributed by atoms with Crippen LogP contribution < -0.4 is 0 Å². The van der Waals surface area contributed by atoms with Crippen molar-refractivity contribution >= 4 is 92.7 Å². The molecule has 0 aromatic carbocycles. The van der Waals surface area contributed by atoms with Gasteiger partial charge in [-0.15, -0.1) is 62.5 Å². The molecule has 0 aliphatic carbocycles. The van der Waals surface area contributed by atoms with Crippen LogP contribution in [0.2, 0.25) is 0 Å². The van der Waals surface area contributed by atoms with E-state index in [1.807, 2.05) is 0 Å². The Morgan fingerprint density at radius 1 is 0.750 bits per heavy atom. The molecule has 11 heteroatoms. The smallest absolute Gasteiger partial charge is 0.0704 e. The summed E-state index contributed by atoms with van der Waals surface area (Å²) in [7, 11) is 21.7. The maximum atomic E-state index is 2.98. The molecule has 0 saturated heterocycles. The molecule has 0 N–H and O–H groups in total. The maximum Gasteiger partial charge on any atom is 0.0704 e. The second kappa shape index (κ2) is 7.94. The third kappa shape index (κ3) is 4.19. The summed E-state index contributed by atoms with van der Waals surface area (Å²) in [6.45, 7) is 0. The zero-order valence-electron chi connectivity index (χ0n) is 6.38. The van der Waals surface area contributed by atoms with Gasteiger partial charge in [0, 0.05) is 0 Å². The third-order valence-electron chi connectivity index (χ3n) is 1.27. The van der Waals surface area contributed by atoms with Crippen molar-refractivity contribution in [1.29, 1.82) is 0 Å². The van der Waals surface area contributed by atoms with Crippen molar-refractivity contribution in [2.24, 2.45) is 0 Å². The van der Waals surface area contributed by atoms with Crippen molar-refractivity contribution in [3.63, 3.8) is 0 Å². The SMILES string of the molecule is PPC(P(P)P)(P(P)P)P(P)P. The molecule has 8 unspecified atom stereocenters. The summed E-state index contributed by atoms with van der Waals surface area (Å²) in [5.41, 5.74) is 0. The van der Waals surface area contributed by atoms with Gasteiger partial charge in [-0.1, -0.05) is 8.27 Å². The van der Waals surface area contributed by atoms with Crippen molar-refractivity contribution < 1.29 is 0 Å². The molecular formula is CH15P11. The molecule has 0 bridgehead atoms. The van der Waals surface area contributed by atoms with Crippen molar-refractivity contribution in [3.8, 4) is 0 Å². The van der Waals surface area contributed by atoms with Gasteiger partial charge < -0.3 is 0 Å². The lowest BCUT2D eigenvalue weighted by Gasteiger charge is -2.43. The Bertz CT molecular complexity index is 103. The van der Waals surface area contributed by atoms with E-state index in [0.29, 0.717) is 4.38 Å². The second-order valence-corrected chi connectivity index (χ2v) is 26.1. The van der Waals surface area contributed by atoms with Crippen LogP contribution in [0.5, 0.6) is 0 Å². The van der Waals surface area contributed by atoms with E-state index in [0.717, 1.165) is 8.27 Å². The first-order valence-electron chi connectivity index (χ1n) is 2.76. The first-order valence-corrected chi connectivity index (χ1v) is 19.3. The Labute approximate surface area is 96.7 Å². The van der Waals surface area contributed by atoms with Crippen LogP contribution in [0, 0.1) is 0 Å². The van der Waals surface area contributed by atoms with E-state index in [9.17, 15) is 0 Å². The van der Waals surface area contributed by atoms with Crippen LogP contribution in [0.4, 0.5) is 0 Å². The highest BCUT2D eigenvalue weighted by Crippen LogP contribution is 2.98. The molecule has 0 heterocycles. The van der Waals surface area contributed by atoms with E-state index < -0.39 is 0 Å². The van der Waals surface area contributed by atoms with Crippen molar-refractivity contribution in [3.05, 3.63) is 0 Å². The van der Waals surface area contributed by atoms with Gasteiger partial charge >= 0.3 is 0 Å². The average Bonchev–Trinajstić information content (AvgIpc) is 1.86. The Kier molecular flexibility index (Phi) is 11.1. The Hall–Kier alpha value is 4.73. The lowest BCUT2D eigenvalue weighted by Crippen LogP contribution is -1.99. The fraction of sp³-hybridized carbons (Fsp3) is 1.00. The molecule has 0 amide bonds. The van der Waals surface area contributed by atoms with E-state index in [1.54, 1.807) is 0 Å². The molecule has 0 spiro atoms. The predicted molar refractivity (Wildman–Crippen MR) is 99.8 cm³/mol. The molecule has 0 saturated carbocycles. The van der Waals surface area contributed by atoms with Crippen LogP contribution in [0.1, 0.15) is 0 Å². The van der Waals surface area contributed by atoms with Crippen LogP contribution >= 0.6 is 92.7 Å². The van der Waals surface area contributed by atoms with E-state index >= 15 is 0 Å². The van der Waals surface area contributed by atoms with Gasteiger partial charge in [0.2, 0.25) is 0 Å². The Morgan fingerprint density at radius 2 is 1.00 bits per heavy atom. The summed E-state index contributed by atoms with van der Waals surface area (Å²) in [6.07, 6.45) is 0. The average molecular weight is 368 g/mol. The summed E-state index contributed by atoms with van der Waals surface area (Å²) in [4.78, 5) is 0. The minimum absolute atomic E-state index is 0.0280. The summed E-state index contributed by atoms with van der Waals surface area (Å²) in [6, 6.07) is 0. The van der Waals surface area contributed by atoms with Gasteiger partial charge in [0.15, 0.2) is 0 Å². The molecule has 0 rings (SSSR count). The number of rotatable bonds is 4. The standard InChI is InChI=1S/CH15P11/c2-9-1(10(3)4,11(5)6)12(7)8/h9H,2-8H2. The summed E-state index contributed by atoms with van der Waals surface area (Å²) < 4.78 is 0.505. The molecule has 0 aliphatic rings. The van der Waals surface area contributed by atoms with Gasteiger partial charge in [-0.2, -0.15) is 0 Å². The summed E-state index contributed by atoms with van der Waals surface area (Å²) >= 11 is 0. The fourth-order valence-electron chi connectivity index (χ4n) is 0.624. The molecule has 0 fully saturated rings. The highest BCUT2D eigenvalue weighted by molar-refractivity contribution is 8.67. The fourth-order valence-corrected chi connectivity index (χ4v) is 50.5. The van der Waals surface area contributed by atoms with E-state index in [-0.39, 0.29) is 21.9 Å². The summed E-state index contributed by atoms with van der Waals surface area (Å²) in [5.74, 6) is 0. The van der Waals surface area contributed by atoms with E-state index in [1.165, 1.54) is 0 Å². The van der Waals surface area contributed by atoms with Gasteiger partial charge in [0.25, 0.3) is 0 Å². The topological polar surface area (TPSA) is 0 Å². The molecular weight excluding hydrogens is 353 g/mol. The van der Waals surface area contributed by atoms with Gasteiger partial charge in [-0.25, -0.2) is 0 Å². The third-order valence-corrected chi connectivity index (χ3v) is 34.4. The molecule has 0 aromatic rings. The number of hydrogen-bond acceptors (Lipinski definition) is 0. The van der Waals surface area contributed by atoms with E-state index in [2.05, 4.69) is 62.5 Å². The van der Waals surface area contributed by atoms with Crippen LogP contribution in [0.3, 0.4) is 0 Å². The van der Waals surface area contributed by atoms with Gasteiger partial charge in [0.1, 0.15) is 0 Å². The minimum Gasteiger partial charge on any atom is -0.113 e. The molecule has 0 aliphatic heterocycles. The van der Waals surface area contributed by atoms with Gasteiger partial charge in [0.05, 0.1) is 4.38 Å². The zero-order chi connectivity index (χ0) is 9.94. The van der Waals surface area contributed by atoms with Gasteiger partial charge in [-0.05, 0) is 21.9 Å². The minimum atomic E-state index is -0.0280. The zero-order valence-corrected chi connectivity index (χ0v) is 18.1. The molecule has 8 atom stereocenters. The van der Waals surface area contributed by atoms with Crippen LogP contribution in [-0.2, 0) is 0 Å². The first-order chi connectivity index (χ1) is 5.39. The second-order valence-electron chi connectivity index (χ2n) is 2.00. The molecule has 12 heavy (non-hydrogen) atoms. The van der Waals surface area contributed by atoms with Gasteiger partial charge in [-0.3, -0.25) is 0 Å². The lowest BCUT2D eigenvalue weighted by molar-refractivity contribution is 1.88. The Balaban J connectivity index is 4.77. The molecule has 0 aromatic heterocycles. The molecule has 0 nitrogen and oxygen atoms in total.